The topological polar surface area (TPSA) is 30.2 Å². The minimum atomic E-state index is -0.275. The molecule has 2 aromatic heterocycles. The van der Waals surface area contributed by atoms with Crippen molar-refractivity contribution < 1.29 is 4.39 Å². The van der Waals surface area contributed by atoms with Gasteiger partial charge in [-0.15, -0.1) is 0 Å². The number of halogens is 2. The van der Waals surface area contributed by atoms with Crippen LogP contribution in [0.15, 0.2) is 30.3 Å². The van der Waals surface area contributed by atoms with Gasteiger partial charge in [0.15, 0.2) is 5.65 Å². The number of rotatable bonds is 1. The first-order chi connectivity index (χ1) is 10.2. The molecule has 0 amide bonds. The number of hydrogen-bond acceptors (Lipinski definition) is 2. The lowest BCUT2D eigenvalue weighted by Crippen LogP contribution is -2.09. The summed E-state index contributed by atoms with van der Waals surface area (Å²) in [6.45, 7) is 0. The van der Waals surface area contributed by atoms with Crippen molar-refractivity contribution in [3.05, 3.63) is 52.6 Å². The Hall–Kier alpha value is -1.94. The van der Waals surface area contributed by atoms with Crippen molar-refractivity contribution in [2.75, 3.05) is 0 Å². The molecule has 0 fully saturated rings. The van der Waals surface area contributed by atoms with Gasteiger partial charge in [-0.25, -0.2) is 13.9 Å². The quantitative estimate of drug-likeness (QED) is 0.634. The summed E-state index contributed by atoms with van der Waals surface area (Å²) in [4.78, 5) is 4.67. The van der Waals surface area contributed by atoms with Crippen LogP contribution in [0.3, 0.4) is 0 Å². The van der Waals surface area contributed by atoms with Gasteiger partial charge in [-0.05, 0) is 37.8 Å². The molecule has 1 aromatic carbocycles. The summed E-state index contributed by atoms with van der Waals surface area (Å²) in [5.41, 5.74) is 4.31. The maximum absolute atomic E-state index is 13.4. The minimum Gasteiger partial charge on any atom is -0.233 e. The van der Waals surface area contributed by atoms with Crippen molar-refractivity contribution in [1.82, 2.24) is 14.6 Å². The third-order valence-corrected chi connectivity index (χ3v) is 4.32. The molecule has 0 aliphatic heterocycles. The van der Waals surface area contributed by atoms with Gasteiger partial charge in [0.25, 0.3) is 0 Å². The van der Waals surface area contributed by atoms with Gasteiger partial charge in [-0.2, -0.15) is 5.10 Å². The van der Waals surface area contributed by atoms with Crippen molar-refractivity contribution in [3.8, 4) is 11.3 Å². The highest BCUT2D eigenvalue weighted by atomic mass is 35.5. The molecule has 3 aromatic rings. The lowest BCUT2D eigenvalue weighted by molar-refractivity contribution is 0.628. The molecule has 2 heterocycles. The lowest BCUT2D eigenvalue weighted by Gasteiger charge is -2.16. The standard InChI is InChI=1S/C16H13ClFN3/c17-16-12-6-1-2-7-13(12)19-15-9-14(20-21(15)16)10-4-3-5-11(18)8-10/h3-5,8-9H,1-2,6-7H2. The van der Waals surface area contributed by atoms with E-state index in [-0.39, 0.29) is 5.82 Å². The van der Waals surface area contributed by atoms with E-state index >= 15 is 0 Å². The average Bonchev–Trinajstić information content (AvgIpc) is 2.92. The first-order valence-corrected chi connectivity index (χ1v) is 7.43. The number of aromatic nitrogens is 3. The van der Waals surface area contributed by atoms with Gasteiger partial charge in [0.1, 0.15) is 11.0 Å². The molecule has 0 spiro atoms. The van der Waals surface area contributed by atoms with E-state index in [1.165, 1.54) is 12.1 Å². The maximum atomic E-state index is 13.4. The molecule has 106 valence electrons. The van der Waals surface area contributed by atoms with Crippen LogP contribution in [0.5, 0.6) is 0 Å². The molecule has 0 N–H and O–H groups in total. The highest BCUT2D eigenvalue weighted by Crippen LogP contribution is 2.29. The molecule has 0 radical (unpaired) electrons. The van der Waals surface area contributed by atoms with E-state index < -0.39 is 0 Å². The first kappa shape index (κ1) is 12.8. The summed E-state index contributed by atoms with van der Waals surface area (Å²) in [6.07, 6.45) is 4.20. The Bertz CT molecular complexity index is 841. The maximum Gasteiger partial charge on any atom is 0.157 e. The monoisotopic (exact) mass is 301 g/mol. The Balaban J connectivity index is 1.92. The van der Waals surface area contributed by atoms with Crippen LogP contribution < -0.4 is 0 Å². The van der Waals surface area contributed by atoms with Crippen LogP contribution in [0.1, 0.15) is 24.1 Å². The van der Waals surface area contributed by atoms with E-state index in [1.807, 2.05) is 12.1 Å². The molecule has 5 heteroatoms. The Kier molecular flexibility index (Phi) is 2.93. The number of fused-ring (bicyclic) bond motifs is 2. The summed E-state index contributed by atoms with van der Waals surface area (Å²) in [7, 11) is 0. The second-order valence-electron chi connectivity index (χ2n) is 5.34. The molecule has 0 bridgehead atoms. The van der Waals surface area contributed by atoms with Crippen LogP contribution >= 0.6 is 11.6 Å². The molecule has 4 rings (SSSR count). The average molecular weight is 302 g/mol. The number of nitrogens with zero attached hydrogens (tertiary/aromatic N) is 3. The molecule has 1 aliphatic rings. The molecule has 0 atom stereocenters. The third-order valence-electron chi connectivity index (χ3n) is 3.93. The first-order valence-electron chi connectivity index (χ1n) is 7.05. The van der Waals surface area contributed by atoms with Gasteiger partial charge in [0.05, 0.1) is 5.69 Å². The van der Waals surface area contributed by atoms with Crippen molar-refractivity contribution in [2.24, 2.45) is 0 Å². The van der Waals surface area contributed by atoms with Gasteiger partial charge in [-0.3, -0.25) is 0 Å². The predicted molar refractivity (Wildman–Crippen MR) is 80.0 cm³/mol. The van der Waals surface area contributed by atoms with Gasteiger partial charge in [0.2, 0.25) is 0 Å². The van der Waals surface area contributed by atoms with Crippen molar-refractivity contribution in [2.45, 2.75) is 25.7 Å². The Labute approximate surface area is 126 Å². The zero-order valence-corrected chi connectivity index (χ0v) is 12.1. The van der Waals surface area contributed by atoms with Gasteiger partial charge >= 0.3 is 0 Å². The summed E-state index contributed by atoms with van der Waals surface area (Å²) in [5.74, 6) is -0.275. The molecular weight excluding hydrogens is 289 g/mol. The largest absolute Gasteiger partial charge is 0.233 e. The fourth-order valence-corrected chi connectivity index (χ4v) is 3.21. The van der Waals surface area contributed by atoms with Crippen molar-refractivity contribution in [3.63, 3.8) is 0 Å². The molecule has 21 heavy (non-hydrogen) atoms. The fraction of sp³-hybridized carbons (Fsp3) is 0.250. The zero-order valence-electron chi connectivity index (χ0n) is 11.3. The van der Waals surface area contributed by atoms with E-state index in [9.17, 15) is 4.39 Å². The molecule has 0 saturated carbocycles. The molecule has 0 unspecified atom stereocenters. The number of benzene rings is 1. The number of aryl methyl sites for hydroxylation is 1. The Morgan fingerprint density at radius 2 is 2.00 bits per heavy atom. The third kappa shape index (κ3) is 2.10. The molecule has 0 saturated heterocycles. The highest BCUT2D eigenvalue weighted by Gasteiger charge is 2.19. The van der Waals surface area contributed by atoms with E-state index in [0.717, 1.165) is 48.2 Å². The smallest absolute Gasteiger partial charge is 0.157 e. The Morgan fingerprint density at radius 1 is 1.14 bits per heavy atom. The fourth-order valence-electron chi connectivity index (χ4n) is 2.89. The van der Waals surface area contributed by atoms with Crippen LogP contribution in [0.4, 0.5) is 4.39 Å². The summed E-state index contributed by atoms with van der Waals surface area (Å²) < 4.78 is 15.0. The lowest BCUT2D eigenvalue weighted by atomic mass is 9.97. The molecule has 3 nitrogen and oxygen atoms in total. The van der Waals surface area contributed by atoms with Crippen LogP contribution in [0.25, 0.3) is 16.9 Å². The highest BCUT2D eigenvalue weighted by molar-refractivity contribution is 6.30. The van der Waals surface area contributed by atoms with Gasteiger partial charge in [0, 0.05) is 22.9 Å². The normalized spacial score (nSPS) is 14.4. The molecular formula is C16H13ClFN3. The van der Waals surface area contributed by atoms with E-state index in [2.05, 4.69) is 10.1 Å². The van der Waals surface area contributed by atoms with Crippen LogP contribution in [-0.2, 0) is 12.8 Å². The second-order valence-corrected chi connectivity index (χ2v) is 5.70. The SMILES string of the molecule is Fc1cccc(-c2cc3nc4c(c(Cl)n3n2)CCCC4)c1. The number of hydrogen-bond donors (Lipinski definition) is 0. The van der Waals surface area contributed by atoms with Crippen LogP contribution in [0.2, 0.25) is 5.15 Å². The zero-order chi connectivity index (χ0) is 14.4. The summed E-state index contributed by atoms with van der Waals surface area (Å²) in [6, 6.07) is 8.25. The van der Waals surface area contributed by atoms with E-state index in [1.54, 1.807) is 10.6 Å². The van der Waals surface area contributed by atoms with Gasteiger partial charge in [-0.1, -0.05) is 23.7 Å². The minimum absolute atomic E-state index is 0.275. The van der Waals surface area contributed by atoms with Gasteiger partial charge < -0.3 is 0 Å². The van der Waals surface area contributed by atoms with E-state index in [0.29, 0.717) is 10.8 Å². The van der Waals surface area contributed by atoms with Crippen LogP contribution in [-0.4, -0.2) is 14.6 Å². The van der Waals surface area contributed by atoms with E-state index in [4.69, 9.17) is 11.6 Å². The van der Waals surface area contributed by atoms with Crippen LogP contribution in [0, 0.1) is 5.82 Å². The van der Waals surface area contributed by atoms with Crippen molar-refractivity contribution in [1.29, 1.82) is 0 Å². The van der Waals surface area contributed by atoms with Crippen molar-refractivity contribution >= 4 is 17.2 Å². The summed E-state index contributed by atoms with van der Waals surface area (Å²) in [5, 5.41) is 5.12. The second kappa shape index (κ2) is 4.81. The Morgan fingerprint density at radius 3 is 2.86 bits per heavy atom. The molecule has 1 aliphatic carbocycles. The predicted octanol–water partition coefficient (Wildman–Crippen LogP) is 4.07. The summed E-state index contributed by atoms with van der Waals surface area (Å²) >= 11 is 6.48.